The van der Waals surface area contributed by atoms with Gasteiger partial charge in [0.15, 0.2) is 0 Å². The lowest BCUT2D eigenvalue weighted by molar-refractivity contribution is 0.00694. The van der Waals surface area contributed by atoms with Gasteiger partial charge in [-0.15, -0.1) is 0 Å². The lowest BCUT2D eigenvalue weighted by Crippen LogP contribution is -2.24. The Morgan fingerprint density at radius 1 is 1.26 bits per heavy atom. The molecule has 2 atom stereocenters. The van der Waals surface area contributed by atoms with Crippen molar-refractivity contribution >= 4 is 5.97 Å². The summed E-state index contributed by atoms with van der Waals surface area (Å²) in [6, 6.07) is 8.02. The fourth-order valence-electron chi connectivity index (χ4n) is 2.90. The summed E-state index contributed by atoms with van der Waals surface area (Å²) in [5.74, 6) is -0.273. The number of hydrogen-bond acceptors (Lipinski definition) is 4. The van der Waals surface area contributed by atoms with Crippen LogP contribution in [0.3, 0.4) is 0 Å². The summed E-state index contributed by atoms with van der Waals surface area (Å²) in [5, 5.41) is 3.58. The zero-order chi connectivity index (χ0) is 16.9. The standard InChI is InChI=1S/C19H29NO3/c1-5-22-16-7-6-12-20-17(13-16)14-8-10-15(11-9-14)18(21)23-19(2,3)4/h8-11,16-17,20H,5-7,12-13H2,1-4H3/t16-,17+/m1/s1. The van der Waals surface area contributed by atoms with Crippen LogP contribution in [0.2, 0.25) is 0 Å². The van der Waals surface area contributed by atoms with Crippen molar-refractivity contribution in [3.63, 3.8) is 0 Å². The number of carbonyl (C=O) groups excluding carboxylic acids is 1. The third-order valence-corrected chi connectivity index (χ3v) is 3.94. The Hall–Kier alpha value is -1.39. The number of hydrogen-bond donors (Lipinski definition) is 1. The smallest absolute Gasteiger partial charge is 0.338 e. The maximum Gasteiger partial charge on any atom is 0.338 e. The third kappa shape index (κ3) is 5.63. The van der Waals surface area contributed by atoms with Gasteiger partial charge in [-0.05, 0) is 71.2 Å². The molecule has 1 heterocycles. The summed E-state index contributed by atoms with van der Waals surface area (Å²) in [7, 11) is 0. The molecular weight excluding hydrogens is 290 g/mol. The molecule has 1 fully saturated rings. The highest BCUT2D eigenvalue weighted by Gasteiger charge is 2.22. The lowest BCUT2D eigenvalue weighted by Gasteiger charge is -2.22. The van der Waals surface area contributed by atoms with Gasteiger partial charge in [0, 0.05) is 12.6 Å². The molecule has 4 nitrogen and oxygen atoms in total. The first-order valence-corrected chi connectivity index (χ1v) is 8.57. The van der Waals surface area contributed by atoms with E-state index in [-0.39, 0.29) is 12.0 Å². The second-order valence-corrected chi connectivity index (χ2v) is 7.09. The van der Waals surface area contributed by atoms with Crippen molar-refractivity contribution in [1.82, 2.24) is 5.32 Å². The first-order chi connectivity index (χ1) is 10.9. The Labute approximate surface area is 139 Å². The number of carbonyl (C=O) groups is 1. The molecule has 0 aromatic heterocycles. The second kappa shape index (κ2) is 7.93. The number of rotatable bonds is 4. The van der Waals surface area contributed by atoms with Crippen LogP contribution in [0.1, 0.15) is 68.9 Å². The van der Waals surface area contributed by atoms with Crippen LogP contribution >= 0.6 is 0 Å². The molecule has 4 heteroatoms. The zero-order valence-corrected chi connectivity index (χ0v) is 14.7. The van der Waals surface area contributed by atoms with E-state index >= 15 is 0 Å². The zero-order valence-electron chi connectivity index (χ0n) is 14.7. The number of ether oxygens (including phenoxy) is 2. The molecule has 0 bridgehead atoms. The van der Waals surface area contributed by atoms with E-state index < -0.39 is 5.60 Å². The van der Waals surface area contributed by atoms with Crippen molar-refractivity contribution in [2.45, 2.75) is 64.7 Å². The number of nitrogens with one attached hydrogen (secondary N) is 1. The quantitative estimate of drug-likeness (QED) is 0.856. The average molecular weight is 319 g/mol. The normalized spacial score (nSPS) is 22.4. The summed E-state index contributed by atoms with van der Waals surface area (Å²) in [5.41, 5.74) is 1.33. The van der Waals surface area contributed by atoms with Crippen molar-refractivity contribution < 1.29 is 14.3 Å². The minimum Gasteiger partial charge on any atom is -0.456 e. The Morgan fingerprint density at radius 2 is 1.96 bits per heavy atom. The summed E-state index contributed by atoms with van der Waals surface area (Å²) in [4.78, 5) is 12.1. The van der Waals surface area contributed by atoms with Gasteiger partial charge in [0.2, 0.25) is 0 Å². The van der Waals surface area contributed by atoms with Gasteiger partial charge >= 0.3 is 5.97 Å². The Balaban J connectivity index is 2.04. The summed E-state index contributed by atoms with van der Waals surface area (Å²) >= 11 is 0. The van der Waals surface area contributed by atoms with Gasteiger partial charge < -0.3 is 14.8 Å². The van der Waals surface area contributed by atoms with E-state index in [2.05, 4.69) is 5.32 Å². The van der Waals surface area contributed by atoms with Crippen LogP contribution < -0.4 is 5.32 Å². The molecule has 1 N–H and O–H groups in total. The van der Waals surface area contributed by atoms with E-state index in [4.69, 9.17) is 9.47 Å². The summed E-state index contributed by atoms with van der Waals surface area (Å²) in [6.45, 7) is 9.44. The van der Waals surface area contributed by atoms with Gasteiger partial charge in [-0.3, -0.25) is 0 Å². The van der Waals surface area contributed by atoms with Crippen LogP contribution in [-0.2, 0) is 9.47 Å². The van der Waals surface area contributed by atoms with E-state index in [9.17, 15) is 4.79 Å². The van der Waals surface area contributed by atoms with Gasteiger partial charge in [0.25, 0.3) is 0 Å². The fourth-order valence-corrected chi connectivity index (χ4v) is 2.90. The summed E-state index contributed by atoms with van der Waals surface area (Å²) in [6.07, 6.45) is 3.52. The van der Waals surface area contributed by atoms with Gasteiger partial charge in [-0.1, -0.05) is 12.1 Å². The molecule has 2 rings (SSSR count). The molecule has 23 heavy (non-hydrogen) atoms. The van der Waals surface area contributed by atoms with Crippen LogP contribution in [0.15, 0.2) is 24.3 Å². The van der Waals surface area contributed by atoms with Crippen LogP contribution in [0.5, 0.6) is 0 Å². The number of esters is 1. The Bertz CT molecular complexity index is 504. The van der Waals surface area contributed by atoms with E-state index in [0.29, 0.717) is 11.7 Å². The highest BCUT2D eigenvalue weighted by Crippen LogP contribution is 2.25. The van der Waals surface area contributed by atoms with Gasteiger partial charge in [0.05, 0.1) is 11.7 Å². The summed E-state index contributed by atoms with van der Waals surface area (Å²) < 4.78 is 11.2. The van der Waals surface area contributed by atoms with Gasteiger partial charge in [0.1, 0.15) is 5.60 Å². The Kier molecular flexibility index (Phi) is 6.19. The molecule has 0 amide bonds. The molecule has 1 aliphatic rings. The van der Waals surface area contributed by atoms with E-state index in [1.807, 2.05) is 52.0 Å². The van der Waals surface area contributed by atoms with Gasteiger partial charge in [-0.25, -0.2) is 4.79 Å². The second-order valence-electron chi connectivity index (χ2n) is 7.09. The predicted octanol–water partition coefficient (Wildman–Crippen LogP) is 3.86. The van der Waals surface area contributed by atoms with Crippen LogP contribution in [0.25, 0.3) is 0 Å². The average Bonchev–Trinajstić information content (AvgIpc) is 2.72. The van der Waals surface area contributed by atoms with Crippen LogP contribution in [-0.4, -0.2) is 30.8 Å². The highest BCUT2D eigenvalue weighted by molar-refractivity contribution is 5.89. The minimum atomic E-state index is -0.469. The molecule has 0 saturated carbocycles. The van der Waals surface area contributed by atoms with Crippen LogP contribution in [0, 0.1) is 0 Å². The van der Waals surface area contributed by atoms with E-state index in [1.165, 1.54) is 5.56 Å². The van der Waals surface area contributed by atoms with Crippen molar-refractivity contribution in [2.24, 2.45) is 0 Å². The monoisotopic (exact) mass is 319 g/mol. The first kappa shape index (κ1) is 18.0. The first-order valence-electron chi connectivity index (χ1n) is 8.57. The molecule has 0 aliphatic carbocycles. The maximum atomic E-state index is 12.1. The Morgan fingerprint density at radius 3 is 2.57 bits per heavy atom. The number of benzene rings is 1. The third-order valence-electron chi connectivity index (χ3n) is 3.94. The van der Waals surface area contributed by atoms with Crippen molar-refractivity contribution in [3.05, 3.63) is 35.4 Å². The van der Waals surface area contributed by atoms with Crippen LogP contribution in [0.4, 0.5) is 0 Å². The molecule has 1 aromatic rings. The molecular formula is C19H29NO3. The molecule has 1 aliphatic heterocycles. The van der Waals surface area contributed by atoms with Crippen molar-refractivity contribution in [1.29, 1.82) is 0 Å². The van der Waals surface area contributed by atoms with Crippen molar-refractivity contribution in [2.75, 3.05) is 13.2 Å². The maximum absolute atomic E-state index is 12.1. The topological polar surface area (TPSA) is 47.6 Å². The predicted molar refractivity (Wildman–Crippen MR) is 91.6 cm³/mol. The SMILES string of the molecule is CCO[C@@H]1CCCN[C@H](c2ccc(C(=O)OC(C)(C)C)cc2)C1. The molecule has 1 saturated heterocycles. The largest absolute Gasteiger partial charge is 0.456 e. The van der Waals surface area contributed by atoms with Crippen molar-refractivity contribution in [3.8, 4) is 0 Å². The minimum absolute atomic E-state index is 0.273. The highest BCUT2D eigenvalue weighted by atomic mass is 16.6. The van der Waals surface area contributed by atoms with Gasteiger partial charge in [-0.2, -0.15) is 0 Å². The van der Waals surface area contributed by atoms with E-state index in [1.54, 1.807) is 0 Å². The fraction of sp³-hybridized carbons (Fsp3) is 0.632. The van der Waals surface area contributed by atoms with E-state index in [0.717, 1.165) is 32.4 Å². The lowest BCUT2D eigenvalue weighted by atomic mass is 9.99. The molecule has 0 spiro atoms. The molecule has 0 unspecified atom stereocenters. The molecule has 1 aromatic carbocycles. The molecule has 128 valence electrons. The molecule has 0 radical (unpaired) electrons.